The highest BCUT2D eigenvalue weighted by Gasteiger charge is 2.38. The van der Waals surface area contributed by atoms with Crippen molar-refractivity contribution in [3.8, 4) is 0 Å². The molecule has 8 heteroatoms. The Balaban J connectivity index is 1.97. The van der Waals surface area contributed by atoms with Crippen molar-refractivity contribution >= 4 is 23.5 Å². The first-order valence-electron chi connectivity index (χ1n) is 9.10. The molecule has 1 aromatic rings. The summed E-state index contributed by atoms with van der Waals surface area (Å²) in [5.74, 6) is 1.95. The number of hydrogen-bond acceptors (Lipinski definition) is 4. The topological polar surface area (TPSA) is 32.8 Å². The van der Waals surface area contributed by atoms with Gasteiger partial charge >= 0.3 is 12.3 Å². The number of ether oxygens (including phenoxy) is 1. The minimum atomic E-state index is -4.41. The molecule has 1 atom stereocenters. The van der Waals surface area contributed by atoms with Crippen LogP contribution in [0.3, 0.4) is 0 Å². The van der Waals surface area contributed by atoms with E-state index >= 15 is 0 Å². The molecule has 0 bridgehead atoms. The fraction of sp³-hybridized carbons (Fsp3) is 0.632. The van der Waals surface area contributed by atoms with Gasteiger partial charge in [-0.15, -0.1) is 0 Å². The van der Waals surface area contributed by atoms with E-state index in [0.29, 0.717) is 24.2 Å². The molecular weight excluding hydrogens is 377 g/mol. The zero-order chi connectivity index (χ0) is 19.8. The van der Waals surface area contributed by atoms with Gasteiger partial charge < -0.3 is 4.74 Å². The summed E-state index contributed by atoms with van der Waals surface area (Å²) in [6, 6.07) is 3.55. The predicted molar refractivity (Wildman–Crippen MR) is 101 cm³/mol. The Labute approximate surface area is 162 Å². The number of alkyl halides is 3. The molecular formula is C19H25F3N2O2S. The number of carbonyl (C=O) groups excluding carboxylic acids is 1. The minimum absolute atomic E-state index is 0.109. The van der Waals surface area contributed by atoms with Gasteiger partial charge in [-0.1, -0.05) is 0 Å². The molecule has 1 aromatic carbocycles. The van der Waals surface area contributed by atoms with Gasteiger partial charge in [0.05, 0.1) is 11.3 Å². The van der Waals surface area contributed by atoms with Crippen LogP contribution in [0.2, 0.25) is 0 Å². The number of anilines is 1. The zero-order valence-electron chi connectivity index (χ0n) is 15.8. The third-order valence-electron chi connectivity index (χ3n) is 4.73. The Morgan fingerprint density at radius 1 is 1.15 bits per heavy atom. The first-order chi connectivity index (χ1) is 12.6. The van der Waals surface area contributed by atoms with Gasteiger partial charge in [0.15, 0.2) is 0 Å². The SMILES string of the molecule is CC(C)(C)OC(=O)N1CCC(N2CCSCC2)c2cc(C(F)(F)F)ccc21. The molecule has 0 saturated carbocycles. The summed E-state index contributed by atoms with van der Waals surface area (Å²) in [5.41, 5.74) is -0.256. The largest absolute Gasteiger partial charge is 0.443 e. The molecule has 150 valence electrons. The lowest BCUT2D eigenvalue weighted by molar-refractivity contribution is -0.137. The Morgan fingerprint density at radius 2 is 1.81 bits per heavy atom. The van der Waals surface area contributed by atoms with Crippen LogP contribution >= 0.6 is 11.8 Å². The van der Waals surface area contributed by atoms with Crippen LogP contribution in [0, 0.1) is 0 Å². The molecule has 3 rings (SSSR count). The average molecular weight is 402 g/mol. The first kappa shape index (κ1) is 20.3. The second-order valence-corrected chi connectivity index (χ2v) is 9.08. The number of amides is 1. The highest BCUT2D eigenvalue weighted by atomic mass is 32.2. The summed E-state index contributed by atoms with van der Waals surface area (Å²) >= 11 is 1.86. The van der Waals surface area contributed by atoms with Gasteiger partial charge in [0.1, 0.15) is 5.60 Å². The molecule has 0 aliphatic carbocycles. The van der Waals surface area contributed by atoms with E-state index in [9.17, 15) is 18.0 Å². The maximum absolute atomic E-state index is 13.3. The standard InChI is InChI=1S/C19H25F3N2O2S/c1-18(2,3)26-17(25)24-7-6-15(23-8-10-27-11-9-23)14-12-13(19(20,21)22)4-5-16(14)24/h4-5,12,15H,6-11H2,1-3H3. The molecule has 0 N–H and O–H groups in total. The predicted octanol–water partition coefficient (Wildman–Crippen LogP) is 4.94. The van der Waals surface area contributed by atoms with E-state index in [1.165, 1.54) is 17.0 Å². The van der Waals surface area contributed by atoms with Gasteiger partial charge in [-0.05, 0) is 51.0 Å². The van der Waals surface area contributed by atoms with E-state index in [1.807, 2.05) is 11.8 Å². The molecule has 0 aromatic heterocycles. The number of halogens is 3. The van der Waals surface area contributed by atoms with Crippen molar-refractivity contribution in [3.63, 3.8) is 0 Å². The maximum Gasteiger partial charge on any atom is 0.416 e. The Morgan fingerprint density at radius 3 is 2.41 bits per heavy atom. The lowest BCUT2D eigenvalue weighted by Crippen LogP contribution is -2.45. The molecule has 2 aliphatic rings. The maximum atomic E-state index is 13.3. The normalized spacial score (nSPS) is 21.7. The van der Waals surface area contributed by atoms with Crippen molar-refractivity contribution < 1.29 is 22.7 Å². The third kappa shape index (κ3) is 4.71. The van der Waals surface area contributed by atoms with Crippen LogP contribution in [-0.4, -0.2) is 47.7 Å². The number of fused-ring (bicyclic) bond motifs is 1. The highest BCUT2D eigenvalue weighted by Crippen LogP contribution is 2.42. The van der Waals surface area contributed by atoms with Crippen molar-refractivity contribution in [2.24, 2.45) is 0 Å². The highest BCUT2D eigenvalue weighted by molar-refractivity contribution is 7.99. The second-order valence-electron chi connectivity index (χ2n) is 7.86. The van der Waals surface area contributed by atoms with Crippen LogP contribution in [0.5, 0.6) is 0 Å². The van der Waals surface area contributed by atoms with Crippen LogP contribution in [0.4, 0.5) is 23.7 Å². The Kier molecular flexibility index (Phi) is 5.68. The van der Waals surface area contributed by atoms with E-state index in [1.54, 1.807) is 20.8 Å². The molecule has 1 unspecified atom stereocenters. The van der Waals surface area contributed by atoms with E-state index in [2.05, 4.69) is 4.90 Å². The summed E-state index contributed by atoms with van der Waals surface area (Å²) in [6.07, 6.45) is -4.33. The number of carbonyl (C=O) groups is 1. The average Bonchev–Trinajstić information content (AvgIpc) is 2.58. The second kappa shape index (κ2) is 7.54. The Hall–Kier alpha value is -1.41. The van der Waals surface area contributed by atoms with Gasteiger partial charge in [-0.3, -0.25) is 9.80 Å². The number of nitrogens with zero attached hydrogens (tertiary/aromatic N) is 2. The number of benzene rings is 1. The minimum Gasteiger partial charge on any atom is -0.443 e. The molecule has 2 heterocycles. The zero-order valence-corrected chi connectivity index (χ0v) is 16.6. The van der Waals surface area contributed by atoms with E-state index in [0.717, 1.165) is 30.7 Å². The smallest absolute Gasteiger partial charge is 0.416 e. The van der Waals surface area contributed by atoms with Crippen LogP contribution in [0.25, 0.3) is 0 Å². The quantitative estimate of drug-likeness (QED) is 0.666. The van der Waals surface area contributed by atoms with Gasteiger partial charge in [0.2, 0.25) is 0 Å². The molecule has 1 fully saturated rings. The molecule has 27 heavy (non-hydrogen) atoms. The number of hydrogen-bond donors (Lipinski definition) is 0. The first-order valence-corrected chi connectivity index (χ1v) is 10.3. The number of rotatable bonds is 1. The summed E-state index contributed by atoms with van der Waals surface area (Å²) in [6.45, 7) is 7.45. The molecule has 1 amide bonds. The fourth-order valence-electron chi connectivity index (χ4n) is 3.55. The number of thioether (sulfide) groups is 1. The van der Waals surface area contributed by atoms with E-state index in [4.69, 9.17) is 4.74 Å². The molecule has 0 radical (unpaired) electrons. The molecule has 4 nitrogen and oxygen atoms in total. The molecule has 2 aliphatic heterocycles. The van der Waals surface area contributed by atoms with Gasteiger partial charge in [0.25, 0.3) is 0 Å². The summed E-state index contributed by atoms with van der Waals surface area (Å²) < 4.78 is 45.3. The fourth-order valence-corrected chi connectivity index (χ4v) is 4.48. The summed E-state index contributed by atoms with van der Waals surface area (Å²) in [4.78, 5) is 16.3. The van der Waals surface area contributed by atoms with Crippen molar-refractivity contribution in [2.45, 2.75) is 45.0 Å². The van der Waals surface area contributed by atoms with Gasteiger partial charge in [0, 0.05) is 37.2 Å². The lowest BCUT2D eigenvalue weighted by Gasteiger charge is -2.41. The van der Waals surface area contributed by atoms with Crippen molar-refractivity contribution in [3.05, 3.63) is 29.3 Å². The van der Waals surface area contributed by atoms with Crippen molar-refractivity contribution in [1.82, 2.24) is 4.90 Å². The van der Waals surface area contributed by atoms with E-state index in [-0.39, 0.29) is 6.04 Å². The summed E-state index contributed by atoms with van der Waals surface area (Å²) in [7, 11) is 0. The van der Waals surface area contributed by atoms with Crippen molar-refractivity contribution in [2.75, 3.05) is 36.0 Å². The summed E-state index contributed by atoms with van der Waals surface area (Å²) in [5, 5.41) is 0. The van der Waals surface area contributed by atoms with Gasteiger partial charge in [-0.2, -0.15) is 24.9 Å². The van der Waals surface area contributed by atoms with Crippen LogP contribution in [-0.2, 0) is 10.9 Å². The van der Waals surface area contributed by atoms with Gasteiger partial charge in [-0.25, -0.2) is 4.79 Å². The molecule has 0 spiro atoms. The van der Waals surface area contributed by atoms with Crippen molar-refractivity contribution in [1.29, 1.82) is 0 Å². The monoisotopic (exact) mass is 402 g/mol. The van der Waals surface area contributed by atoms with Crippen LogP contribution in [0.15, 0.2) is 18.2 Å². The Bertz CT molecular complexity index is 697. The van der Waals surface area contributed by atoms with Crippen LogP contribution in [0.1, 0.15) is 44.4 Å². The third-order valence-corrected chi connectivity index (χ3v) is 5.67. The van der Waals surface area contributed by atoms with Crippen LogP contribution < -0.4 is 4.90 Å². The van der Waals surface area contributed by atoms with E-state index < -0.39 is 23.4 Å². The molecule has 1 saturated heterocycles. The lowest BCUT2D eigenvalue weighted by atomic mass is 9.93.